The van der Waals surface area contributed by atoms with Gasteiger partial charge in [0.15, 0.2) is 5.96 Å². The molecule has 3 rings (SSSR count). The van der Waals surface area contributed by atoms with Gasteiger partial charge in [-0.3, -0.25) is 19.5 Å². The van der Waals surface area contributed by atoms with Gasteiger partial charge in [-0.25, -0.2) is 0 Å². The summed E-state index contributed by atoms with van der Waals surface area (Å²) < 4.78 is 5.66. The number of fused-ring (bicyclic) bond motifs is 1. The number of nitrogens with zero attached hydrogens (tertiary/aromatic N) is 2. The third kappa shape index (κ3) is 5.59. The molecular formula is C23H28N4O3. The van der Waals surface area contributed by atoms with Crippen molar-refractivity contribution >= 4 is 17.8 Å². The largest absolute Gasteiger partial charge is 0.494 e. The molecule has 0 atom stereocenters. The second-order valence-electron chi connectivity index (χ2n) is 6.96. The van der Waals surface area contributed by atoms with Crippen molar-refractivity contribution in [1.29, 1.82) is 0 Å². The van der Waals surface area contributed by atoms with Crippen LogP contribution in [-0.2, 0) is 0 Å². The van der Waals surface area contributed by atoms with E-state index in [1.165, 1.54) is 4.90 Å². The van der Waals surface area contributed by atoms with Crippen LogP contribution in [-0.4, -0.2) is 56.0 Å². The molecule has 0 saturated carbocycles. The Labute approximate surface area is 177 Å². The van der Waals surface area contributed by atoms with Gasteiger partial charge in [-0.2, -0.15) is 0 Å². The van der Waals surface area contributed by atoms with Crippen LogP contribution in [0.15, 0.2) is 59.6 Å². The second-order valence-corrected chi connectivity index (χ2v) is 6.96. The molecule has 0 saturated heterocycles. The Balaban J connectivity index is 1.27. The molecule has 0 radical (unpaired) electrons. The minimum atomic E-state index is -0.196. The lowest BCUT2D eigenvalue weighted by molar-refractivity contribution is 0.0652. The number of hydrogen-bond donors (Lipinski definition) is 2. The number of aliphatic imine (C=N–C) groups is 1. The van der Waals surface area contributed by atoms with E-state index in [1.54, 1.807) is 31.3 Å². The van der Waals surface area contributed by atoms with Crippen LogP contribution >= 0.6 is 0 Å². The highest BCUT2D eigenvalue weighted by molar-refractivity contribution is 6.21. The molecule has 0 fully saturated rings. The van der Waals surface area contributed by atoms with Crippen LogP contribution in [0.1, 0.15) is 40.0 Å². The highest BCUT2D eigenvalue weighted by Gasteiger charge is 2.34. The lowest BCUT2D eigenvalue weighted by atomic mass is 10.1. The average Bonchev–Trinajstić information content (AvgIpc) is 3.03. The van der Waals surface area contributed by atoms with E-state index in [9.17, 15) is 9.59 Å². The van der Waals surface area contributed by atoms with Gasteiger partial charge in [0.25, 0.3) is 11.8 Å². The van der Waals surface area contributed by atoms with E-state index in [-0.39, 0.29) is 11.8 Å². The molecule has 0 bridgehead atoms. The number of rotatable bonds is 10. The molecule has 0 spiro atoms. The van der Waals surface area contributed by atoms with Gasteiger partial charge < -0.3 is 15.4 Å². The number of nitrogens with one attached hydrogen (secondary N) is 2. The van der Waals surface area contributed by atoms with Gasteiger partial charge in [-0.1, -0.05) is 30.3 Å². The molecule has 0 aliphatic carbocycles. The van der Waals surface area contributed by atoms with Gasteiger partial charge in [-0.05, 0) is 43.5 Å². The smallest absolute Gasteiger partial charge is 0.261 e. The predicted octanol–water partition coefficient (Wildman–Crippen LogP) is 2.70. The number of guanidine groups is 1. The van der Waals surface area contributed by atoms with E-state index in [1.807, 2.05) is 30.3 Å². The van der Waals surface area contributed by atoms with Crippen molar-refractivity contribution in [3.8, 4) is 5.75 Å². The van der Waals surface area contributed by atoms with Crippen molar-refractivity contribution in [1.82, 2.24) is 15.5 Å². The maximum Gasteiger partial charge on any atom is 0.261 e. The molecule has 1 aliphatic rings. The zero-order valence-corrected chi connectivity index (χ0v) is 17.3. The minimum Gasteiger partial charge on any atom is -0.494 e. The fourth-order valence-electron chi connectivity index (χ4n) is 3.25. The second kappa shape index (κ2) is 11.0. The summed E-state index contributed by atoms with van der Waals surface area (Å²) >= 11 is 0. The van der Waals surface area contributed by atoms with Crippen molar-refractivity contribution in [2.75, 3.05) is 33.3 Å². The van der Waals surface area contributed by atoms with Gasteiger partial charge in [0.05, 0.1) is 17.7 Å². The molecule has 2 aromatic rings. The van der Waals surface area contributed by atoms with E-state index >= 15 is 0 Å². The number of amides is 2. The normalized spacial score (nSPS) is 13.4. The molecule has 0 aromatic heterocycles. The standard InChI is InChI=1S/C23H28N4O3/c1-24-23(26-15-9-17-30-18-10-3-2-4-11-18)25-14-7-8-16-27-21(28)19-12-5-6-13-20(19)22(27)29/h2-6,10-13H,7-9,14-17H2,1H3,(H2,24,25,26). The van der Waals surface area contributed by atoms with E-state index < -0.39 is 0 Å². The molecule has 7 heteroatoms. The van der Waals surface area contributed by atoms with Crippen LogP contribution in [0.5, 0.6) is 5.75 Å². The molecule has 158 valence electrons. The van der Waals surface area contributed by atoms with Crippen molar-refractivity contribution in [3.63, 3.8) is 0 Å². The number of hydrogen-bond acceptors (Lipinski definition) is 4. The van der Waals surface area contributed by atoms with Gasteiger partial charge in [0.2, 0.25) is 0 Å². The van der Waals surface area contributed by atoms with Gasteiger partial charge in [0.1, 0.15) is 5.75 Å². The highest BCUT2D eigenvalue weighted by atomic mass is 16.5. The van der Waals surface area contributed by atoms with Gasteiger partial charge in [-0.15, -0.1) is 0 Å². The number of ether oxygens (including phenoxy) is 1. The van der Waals surface area contributed by atoms with E-state index in [2.05, 4.69) is 15.6 Å². The Morgan fingerprint density at radius 1 is 0.867 bits per heavy atom. The quantitative estimate of drug-likeness (QED) is 0.273. The molecule has 2 amide bonds. The molecular weight excluding hydrogens is 380 g/mol. The number of carbonyl (C=O) groups excluding carboxylic acids is 2. The third-order valence-electron chi connectivity index (χ3n) is 4.83. The number of imide groups is 1. The Kier molecular flexibility index (Phi) is 7.83. The van der Waals surface area contributed by atoms with Gasteiger partial charge in [0, 0.05) is 26.7 Å². The fraction of sp³-hybridized carbons (Fsp3) is 0.348. The first-order valence-corrected chi connectivity index (χ1v) is 10.3. The SMILES string of the molecule is CN=C(NCCCCN1C(=O)c2ccccc2C1=O)NCCCOc1ccccc1. The monoisotopic (exact) mass is 408 g/mol. The Morgan fingerprint density at radius 3 is 2.10 bits per heavy atom. The summed E-state index contributed by atoms with van der Waals surface area (Å²) in [7, 11) is 1.73. The van der Waals surface area contributed by atoms with Crippen molar-refractivity contribution in [2.45, 2.75) is 19.3 Å². The summed E-state index contributed by atoms with van der Waals surface area (Å²) in [5.74, 6) is 1.21. The zero-order chi connectivity index (χ0) is 21.2. The van der Waals surface area contributed by atoms with E-state index in [0.29, 0.717) is 30.8 Å². The van der Waals surface area contributed by atoms with Crippen LogP contribution in [0, 0.1) is 0 Å². The maximum atomic E-state index is 12.3. The Bertz CT molecular complexity index is 848. The minimum absolute atomic E-state index is 0.196. The van der Waals surface area contributed by atoms with Crippen molar-refractivity contribution < 1.29 is 14.3 Å². The van der Waals surface area contributed by atoms with Crippen LogP contribution in [0.4, 0.5) is 0 Å². The summed E-state index contributed by atoms with van der Waals surface area (Å²) in [6, 6.07) is 16.7. The molecule has 2 N–H and O–H groups in total. The molecule has 1 heterocycles. The number of carbonyl (C=O) groups is 2. The summed E-state index contributed by atoms with van der Waals surface area (Å²) in [5.41, 5.74) is 1.00. The fourth-order valence-corrected chi connectivity index (χ4v) is 3.25. The van der Waals surface area contributed by atoms with Crippen LogP contribution in [0.3, 0.4) is 0 Å². The maximum absolute atomic E-state index is 12.3. The summed E-state index contributed by atoms with van der Waals surface area (Å²) in [4.78, 5) is 30.2. The third-order valence-corrected chi connectivity index (χ3v) is 4.83. The molecule has 1 aliphatic heterocycles. The van der Waals surface area contributed by atoms with Gasteiger partial charge >= 0.3 is 0 Å². The van der Waals surface area contributed by atoms with Crippen molar-refractivity contribution in [3.05, 3.63) is 65.7 Å². The number of para-hydroxylation sites is 1. The average molecular weight is 409 g/mol. The highest BCUT2D eigenvalue weighted by Crippen LogP contribution is 2.22. The summed E-state index contributed by atoms with van der Waals surface area (Å²) in [6.45, 7) is 2.52. The first-order chi connectivity index (χ1) is 14.7. The summed E-state index contributed by atoms with van der Waals surface area (Å²) in [5, 5.41) is 6.51. The Morgan fingerprint density at radius 2 is 1.47 bits per heavy atom. The molecule has 7 nitrogen and oxygen atoms in total. The van der Waals surface area contributed by atoms with Crippen LogP contribution in [0.2, 0.25) is 0 Å². The lowest BCUT2D eigenvalue weighted by Gasteiger charge is -2.15. The van der Waals surface area contributed by atoms with Crippen LogP contribution in [0.25, 0.3) is 0 Å². The van der Waals surface area contributed by atoms with Crippen LogP contribution < -0.4 is 15.4 Å². The Hall–Kier alpha value is -3.35. The lowest BCUT2D eigenvalue weighted by Crippen LogP contribution is -2.39. The number of benzene rings is 2. The first kappa shape index (κ1) is 21.4. The van der Waals surface area contributed by atoms with E-state index in [4.69, 9.17) is 4.74 Å². The molecule has 0 unspecified atom stereocenters. The summed E-state index contributed by atoms with van der Waals surface area (Å²) in [6.07, 6.45) is 2.42. The predicted molar refractivity (Wildman–Crippen MR) is 117 cm³/mol. The molecule has 2 aromatic carbocycles. The van der Waals surface area contributed by atoms with E-state index in [0.717, 1.165) is 37.5 Å². The van der Waals surface area contributed by atoms with Crippen molar-refractivity contribution in [2.24, 2.45) is 4.99 Å². The topological polar surface area (TPSA) is 83.0 Å². The number of unbranched alkanes of at least 4 members (excludes halogenated alkanes) is 1. The first-order valence-electron chi connectivity index (χ1n) is 10.3. The zero-order valence-electron chi connectivity index (χ0n) is 17.3. The molecule has 30 heavy (non-hydrogen) atoms.